The molecule has 1 spiro atoms. The van der Waals surface area contributed by atoms with Crippen molar-refractivity contribution in [2.45, 2.75) is 37.4 Å². The topological polar surface area (TPSA) is 60.9 Å². The molecule has 0 N–H and O–H groups in total. The summed E-state index contributed by atoms with van der Waals surface area (Å²) in [6, 6.07) is 3.51. The lowest BCUT2D eigenvalue weighted by Gasteiger charge is -2.48. The van der Waals surface area contributed by atoms with E-state index < -0.39 is 0 Å². The summed E-state index contributed by atoms with van der Waals surface area (Å²) in [6.07, 6.45) is 5.43. The zero-order valence-electron chi connectivity index (χ0n) is 13.8. The van der Waals surface area contributed by atoms with Crippen LogP contribution < -0.4 is 4.74 Å². The number of likely N-dealkylation sites (tertiary alicyclic amines) is 1. The molecule has 1 atom stereocenters. The number of methoxy groups -OCH3 is 2. The predicted molar refractivity (Wildman–Crippen MR) is 84.6 cm³/mol. The van der Waals surface area contributed by atoms with Gasteiger partial charge in [-0.3, -0.25) is 4.79 Å². The van der Waals surface area contributed by atoms with Crippen LogP contribution in [-0.4, -0.2) is 61.4 Å². The van der Waals surface area contributed by atoms with E-state index in [2.05, 4.69) is 4.98 Å². The molecule has 1 aromatic rings. The zero-order valence-corrected chi connectivity index (χ0v) is 13.8. The lowest BCUT2D eigenvalue weighted by Crippen LogP contribution is -2.56. The number of hydrogen-bond acceptors (Lipinski definition) is 5. The number of carbonyl (C=O) groups excluding carboxylic acids is 1. The SMILES string of the molecule is COc1ncccc1C(=O)N1CCC2(CC1)OCCCC2OC. The van der Waals surface area contributed by atoms with Crippen LogP contribution in [0.2, 0.25) is 0 Å². The van der Waals surface area contributed by atoms with Gasteiger partial charge in [0, 0.05) is 33.0 Å². The predicted octanol–water partition coefficient (Wildman–Crippen LogP) is 1.89. The van der Waals surface area contributed by atoms with E-state index in [1.165, 1.54) is 7.11 Å². The third kappa shape index (κ3) is 3.05. The van der Waals surface area contributed by atoms with Crippen LogP contribution in [0.15, 0.2) is 18.3 Å². The third-order valence-electron chi connectivity index (χ3n) is 4.96. The lowest BCUT2D eigenvalue weighted by atomic mass is 9.81. The van der Waals surface area contributed by atoms with Gasteiger partial charge < -0.3 is 19.1 Å². The first-order valence-electron chi connectivity index (χ1n) is 8.15. The van der Waals surface area contributed by atoms with E-state index in [0.29, 0.717) is 24.5 Å². The normalized spacial score (nSPS) is 23.7. The molecule has 2 aliphatic rings. The molecule has 0 aliphatic carbocycles. The van der Waals surface area contributed by atoms with Gasteiger partial charge in [-0.15, -0.1) is 0 Å². The smallest absolute Gasteiger partial charge is 0.259 e. The number of amides is 1. The molecule has 2 fully saturated rings. The maximum atomic E-state index is 12.7. The minimum Gasteiger partial charge on any atom is -0.480 e. The molecule has 126 valence electrons. The zero-order chi connectivity index (χ0) is 16.3. The molecule has 2 saturated heterocycles. The third-order valence-corrected chi connectivity index (χ3v) is 4.96. The van der Waals surface area contributed by atoms with Crippen molar-refractivity contribution in [3.8, 4) is 5.88 Å². The van der Waals surface area contributed by atoms with Gasteiger partial charge in [0.05, 0.1) is 18.8 Å². The molecule has 6 nitrogen and oxygen atoms in total. The molecule has 0 saturated carbocycles. The molecule has 0 aromatic carbocycles. The highest BCUT2D eigenvalue weighted by atomic mass is 16.5. The van der Waals surface area contributed by atoms with Gasteiger partial charge in [0.25, 0.3) is 5.91 Å². The molecule has 3 heterocycles. The van der Waals surface area contributed by atoms with Crippen LogP contribution >= 0.6 is 0 Å². The van der Waals surface area contributed by atoms with E-state index in [4.69, 9.17) is 14.2 Å². The number of ether oxygens (including phenoxy) is 3. The maximum Gasteiger partial charge on any atom is 0.259 e. The monoisotopic (exact) mass is 320 g/mol. The largest absolute Gasteiger partial charge is 0.480 e. The van der Waals surface area contributed by atoms with Crippen LogP contribution in [0.4, 0.5) is 0 Å². The molecular formula is C17H24N2O4. The summed E-state index contributed by atoms with van der Waals surface area (Å²) in [4.78, 5) is 18.7. The van der Waals surface area contributed by atoms with Crippen molar-refractivity contribution in [2.24, 2.45) is 0 Å². The second-order valence-corrected chi connectivity index (χ2v) is 6.13. The minimum absolute atomic E-state index is 0.0328. The van der Waals surface area contributed by atoms with Gasteiger partial charge in [-0.05, 0) is 37.8 Å². The Bertz CT molecular complexity index is 555. The Morgan fingerprint density at radius 2 is 2.17 bits per heavy atom. The Kier molecular flexibility index (Phi) is 4.82. The fourth-order valence-electron chi connectivity index (χ4n) is 3.67. The summed E-state index contributed by atoms with van der Waals surface area (Å²) in [7, 11) is 3.28. The van der Waals surface area contributed by atoms with Crippen LogP contribution in [0.25, 0.3) is 0 Å². The van der Waals surface area contributed by atoms with Gasteiger partial charge in [0.15, 0.2) is 0 Å². The Hall–Kier alpha value is -1.66. The number of nitrogens with zero attached hydrogens (tertiary/aromatic N) is 2. The van der Waals surface area contributed by atoms with E-state index in [9.17, 15) is 4.79 Å². The van der Waals surface area contributed by atoms with Gasteiger partial charge >= 0.3 is 0 Å². The highest BCUT2D eigenvalue weighted by molar-refractivity contribution is 5.96. The standard InChI is InChI=1S/C17H24N2O4/c1-21-14-6-4-12-23-17(14)7-10-19(11-8-17)16(20)13-5-3-9-18-15(13)22-2/h3,5,9,14H,4,6-8,10-12H2,1-2H3. The highest BCUT2D eigenvalue weighted by Crippen LogP contribution is 2.37. The van der Waals surface area contributed by atoms with E-state index in [-0.39, 0.29) is 17.6 Å². The number of carbonyl (C=O) groups is 1. The van der Waals surface area contributed by atoms with E-state index in [1.807, 2.05) is 4.90 Å². The van der Waals surface area contributed by atoms with Crippen molar-refractivity contribution >= 4 is 5.91 Å². The Labute approximate surface area is 136 Å². The average molecular weight is 320 g/mol. The van der Waals surface area contributed by atoms with Gasteiger partial charge in [-0.1, -0.05) is 0 Å². The van der Waals surface area contributed by atoms with Crippen LogP contribution in [0, 0.1) is 0 Å². The molecule has 2 aliphatic heterocycles. The Morgan fingerprint density at radius 3 is 2.87 bits per heavy atom. The van der Waals surface area contributed by atoms with Gasteiger partial charge in [-0.2, -0.15) is 0 Å². The van der Waals surface area contributed by atoms with Gasteiger partial charge in [-0.25, -0.2) is 4.98 Å². The summed E-state index contributed by atoms with van der Waals surface area (Å²) >= 11 is 0. The first-order valence-corrected chi connectivity index (χ1v) is 8.15. The average Bonchev–Trinajstić information content (AvgIpc) is 2.62. The van der Waals surface area contributed by atoms with Crippen molar-refractivity contribution in [1.29, 1.82) is 0 Å². The molecule has 23 heavy (non-hydrogen) atoms. The van der Waals surface area contributed by atoms with Crippen molar-refractivity contribution in [2.75, 3.05) is 33.9 Å². The molecule has 0 bridgehead atoms. The van der Waals surface area contributed by atoms with E-state index in [1.54, 1.807) is 25.4 Å². The Morgan fingerprint density at radius 1 is 1.39 bits per heavy atom. The molecule has 0 radical (unpaired) electrons. The van der Waals surface area contributed by atoms with Crippen LogP contribution in [0.1, 0.15) is 36.0 Å². The van der Waals surface area contributed by atoms with Crippen molar-refractivity contribution in [3.05, 3.63) is 23.9 Å². The van der Waals surface area contributed by atoms with Crippen molar-refractivity contribution in [1.82, 2.24) is 9.88 Å². The molecule has 6 heteroatoms. The second-order valence-electron chi connectivity index (χ2n) is 6.13. The lowest BCUT2D eigenvalue weighted by molar-refractivity contribution is -0.183. The van der Waals surface area contributed by atoms with Gasteiger partial charge in [0.2, 0.25) is 5.88 Å². The molecule has 1 aromatic heterocycles. The fourth-order valence-corrected chi connectivity index (χ4v) is 3.67. The van der Waals surface area contributed by atoms with Crippen molar-refractivity contribution < 1.29 is 19.0 Å². The van der Waals surface area contributed by atoms with Crippen molar-refractivity contribution in [3.63, 3.8) is 0 Å². The van der Waals surface area contributed by atoms with Gasteiger partial charge in [0.1, 0.15) is 5.56 Å². The highest BCUT2D eigenvalue weighted by Gasteiger charge is 2.45. The second kappa shape index (κ2) is 6.84. The summed E-state index contributed by atoms with van der Waals surface area (Å²) in [5, 5.41) is 0. The van der Waals surface area contributed by atoms with E-state index in [0.717, 1.165) is 32.3 Å². The van der Waals surface area contributed by atoms with Crippen LogP contribution in [0.3, 0.4) is 0 Å². The number of piperidine rings is 1. The minimum atomic E-state index is -0.233. The number of rotatable bonds is 3. The maximum absolute atomic E-state index is 12.7. The van der Waals surface area contributed by atoms with Crippen LogP contribution in [0.5, 0.6) is 5.88 Å². The molecule has 1 amide bonds. The summed E-state index contributed by atoms with van der Waals surface area (Å²) in [5.41, 5.74) is 0.279. The molecule has 3 rings (SSSR count). The number of aromatic nitrogens is 1. The number of pyridine rings is 1. The molecular weight excluding hydrogens is 296 g/mol. The quantitative estimate of drug-likeness (QED) is 0.851. The van der Waals surface area contributed by atoms with E-state index >= 15 is 0 Å². The number of hydrogen-bond donors (Lipinski definition) is 0. The first kappa shape index (κ1) is 16.2. The summed E-state index contributed by atoms with van der Waals surface area (Å²) in [6.45, 7) is 2.11. The Balaban J connectivity index is 1.70. The summed E-state index contributed by atoms with van der Waals surface area (Å²) < 4.78 is 16.9. The first-order chi connectivity index (χ1) is 11.2. The molecule has 1 unspecified atom stereocenters. The fraction of sp³-hybridized carbons (Fsp3) is 0.647. The van der Waals surface area contributed by atoms with Crippen LogP contribution in [-0.2, 0) is 9.47 Å². The summed E-state index contributed by atoms with van der Waals surface area (Å²) in [5.74, 6) is 0.344.